The number of benzene rings is 1. The molecule has 0 spiro atoms. The Labute approximate surface area is 148 Å². The van der Waals surface area contributed by atoms with Gasteiger partial charge in [0.1, 0.15) is 0 Å². The number of hydrogen-bond donors (Lipinski definition) is 2. The first-order valence-corrected chi connectivity index (χ1v) is 8.11. The largest absolute Gasteiger partial charge is 0.330 e. The monoisotopic (exact) mass is 352 g/mol. The zero-order chi connectivity index (χ0) is 16.5. The van der Waals surface area contributed by atoms with Gasteiger partial charge in [0.05, 0.1) is 0 Å². The van der Waals surface area contributed by atoms with Gasteiger partial charge in [-0.3, -0.25) is 4.79 Å². The summed E-state index contributed by atoms with van der Waals surface area (Å²) in [6, 6.07) is 7.58. The van der Waals surface area contributed by atoms with Gasteiger partial charge in [-0.2, -0.15) is 0 Å². The van der Waals surface area contributed by atoms with Gasteiger partial charge in [0.25, 0.3) is 0 Å². The predicted molar refractivity (Wildman–Crippen MR) is 96.9 cm³/mol. The molecule has 8 heteroatoms. The molecule has 0 radical (unpaired) electrons. The summed E-state index contributed by atoms with van der Waals surface area (Å²) in [5.41, 5.74) is 7.10. The highest BCUT2D eigenvalue weighted by atomic mass is 35.5. The maximum Gasteiger partial charge on any atom is 0.224 e. The number of nitrogens with zero attached hydrogens (tertiary/aromatic N) is 4. The van der Waals surface area contributed by atoms with Crippen LogP contribution in [0.5, 0.6) is 0 Å². The molecule has 0 unspecified atom stereocenters. The second-order valence-corrected chi connectivity index (χ2v) is 5.40. The van der Waals surface area contributed by atoms with E-state index in [9.17, 15) is 4.79 Å². The van der Waals surface area contributed by atoms with Crippen molar-refractivity contribution < 1.29 is 4.79 Å². The molecule has 0 aliphatic carbocycles. The molecular formula is C16H25ClN6O. The molecule has 1 aromatic heterocycles. The molecular weight excluding hydrogens is 328 g/mol. The topological polar surface area (TPSA) is 98.7 Å². The van der Waals surface area contributed by atoms with Crippen LogP contribution in [-0.4, -0.2) is 32.7 Å². The average molecular weight is 353 g/mol. The van der Waals surface area contributed by atoms with Crippen LogP contribution in [0, 0.1) is 0 Å². The average Bonchev–Trinajstić information content (AvgIpc) is 3.03. The summed E-state index contributed by atoms with van der Waals surface area (Å²) in [5.74, 6) is 0.732. The Morgan fingerprint density at radius 1 is 1.25 bits per heavy atom. The van der Waals surface area contributed by atoms with E-state index in [0.29, 0.717) is 18.8 Å². The molecule has 0 aliphatic heterocycles. The summed E-state index contributed by atoms with van der Waals surface area (Å²) in [4.78, 5) is 12.0. The lowest BCUT2D eigenvalue weighted by Crippen LogP contribution is -2.11. The van der Waals surface area contributed by atoms with Gasteiger partial charge in [-0.05, 0) is 48.9 Å². The second kappa shape index (κ2) is 10.7. The predicted octanol–water partition coefficient (Wildman–Crippen LogP) is 2.63. The highest BCUT2D eigenvalue weighted by Crippen LogP contribution is 2.20. The lowest BCUT2D eigenvalue weighted by Gasteiger charge is -2.07. The van der Waals surface area contributed by atoms with Crippen molar-refractivity contribution in [3.05, 3.63) is 24.3 Å². The van der Waals surface area contributed by atoms with Crippen molar-refractivity contribution in [3.8, 4) is 11.4 Å². The van der Waals surface area contributed by atoms with Gasteiger partial charge in [0.15, 0.2) is 5.82 Å². The van der Waals surface area contributed by atoms with Gasteiger partial charge in [-0.1, -0.05) is 25.0 Å². The van der Waals surface area contributed by atoms with Crippen LogP contribution in [0.3, 0.4) is 0 Å². The molecule has 0 saturated carbocycles. The van der Waals surface area contributed by atoms with Gasteiger partial charge < -0.3 is 11.1 Å². The molecule has 0 aliphatic rings. The molecule has 0 atom stereocenters. The van der Waals surface area contributed by atoms with Crippen LogP contribution >= 0.6 is 12.4 Å². The first-order valence-electron chi connectivity index (χ1n) is 8.11. The number of aryl methyl sites for hydroxylation is 1. The van der Waals surface area contributed by atoms with Crippen LogP contribution in [-0.2, 0) is 11.3 Å². The number of aromatic nitrogens is 4. The van der Waals surface area contributed by atoms with Crippen LogP contribution in [0.4, 0.5) is 5.69 Å². The first-order chi connectivity index (χ1) is 11.2. The Kier molecular flexibility index (Phi) is 8.96. The number of hydrogen-bond acceptors (Lipinski definition) is 5. The highest BCUT2D eigenvalue weighted by molar-refractivity contribution is 5.91. The molecule has 0 saturated heterocycles. The zero-order valence-corrected chi connectivity index (χ0v) is 14.8. The van der Waals surface area contributed by atoms with E-state index in [1.54, 1.807) is 4.68 Å². The zero-order valence-electron chi connectivity index (χ0n) is 13.9. The third-order valence-corrected chi connectivity index (χ3v) is 3.59. The molecule has 3 N–H and O–H groups in total. The normalized spacial score (nSPS) is 10.2. The first kappa shape index (κ1) is 20.1. The third-order valence-electron chi connectivity index (χ3n) is 3.59. The number of carbonyl (C=O) groups excluding carboxylic acids is 1. The third kappa shape index (κ3) is 5.90. The van der Waals surface area contributed by atoms with Crippen molar-refractivity contribution in [3.63, 3.8) is 0 Å². The van der Waals surface area contributed by atoms with E-state index >= 15 is 0 Å². The molecule has 0 bridgehead atoms. The Morgan fingerprint density at radius 3 is 2.79 bits per heavy atom. The lowest BCUT2D eigenvalue weighted by molar-refractivity contribution is -0.116. The van der Waals surface area contributed by atoms with Crippen molar-refractivity contribution in [2.75, 3.05) is 11.9 Å². The Bertz CT molecular complexity index is 631. The van der Waals surface area contributed by atoms with Crippen LogP contribution in [0.2, 0.25) is 0 Å². The smallest absolute Gasteiger partial charge is 0.224 e. The fourth-order valence-corrected chi connectivity index (χ4v) is 2.37. The standard InChI is InChI=1S/C16H24N6O.ClH/c1-2-22-16(19-20-21-22)13-8-7-9-14(12-13)18-15(23)10-5-3-4-6-11-17;/h7-9,12H,2-6,10-11,17H2,1H3,(H,18,23);1H. The van der Waals surface area contributed by atoms with Gasteiger partial charge in [-0.25, -0.2) is 4.68 Å². The molecule has 7 nitrogen and oxygen atoms in total. The van der Waals surface area contributed by atoms with Crippen LogP contribution < -0.4 is 11.1 Å². The SMILES string of the molecule is CCn1nnnc1-c1cccc(NC(=O)CCCCCCN)c1.Cl. The van der Waals surface area contributed by atoms with E-state index < -0.39 is 0 Å². The summed E-state index contributed by atoms with van der Waals surface area (Å²) in [6.07, 6.45) is 4.56. The molecule has 2 aromatic rings. The van der Waals surface area contributed by atoms with E-state index in [4.69, 9.17) is 5.73 Å². The number of carbonyl (C=O) groups is 1. The van der Waals surface area contributed by atoms with E-state index in [2.05, 4.69) is 20.8 Å². The summed E-state index contributed by atoms with van der Waals surface area (Å²) in [7, 11) is 0. The molecule has 132 valence electrons. The fourth-order valence-electron chi connectivity index (χ4n) is 2.37. The summed E-state index contributed by atoms with van der Waals surface area (Å²) < 4.78 is 1.72. The minimum atomic E-state index is 0. The van der Waals surface area contributed by atoms with Gasteiger partial charge >= 0.3 is 0 Å². The number of halogens is 1. The second-order valence-electron chi connectivity index (χ2n) is 5.40. The molecule has 1 amide bonds. The quantitative estimate of drug-likeness (QED) is 0.676. The van der Waals surface area contributed by atoms with Crippen LogP contribution in [0.15, 0.2) is 24.3 Å². The van der Waals surface area contributed by atoms with Crippen LogP contribution in [0.1, 0.15) is 39.0 Å². The van der Waals surface area contributed by atoms with Gasteiger partial charge in [0.2, 0.25) is 5.91 Å². The Morgan fingerprint density at radius 2 is 2.04 bits per heavy atom. The minimum absolute atomic E-state index is 0. The highest BCUT2D eigenvalue weighted by Gasteiger charge is 2.09. The summed E-state index contributed by atoms with van der Waals surface area (Å²) in [6.45, 7) is 3.40. The lowest BCUT2D eigenvalue weighted by atomic mass is 10.1. The maximum absolute atomic E-state index is 12.0. The Balaban J connectivity index is 0.00000288. The number of tetrazole rings is 1. The number of nitrogens with two attached hydrogens (primary N) is 1. The number of rotatable bonds is 9. The van der Waals surface area contributed by atoms with Crippen molar-refractivity contribution >= 4 is 24.0 Å². The van der Waals surface area contributed by atoms with E-state index in [1.165, 1.54) is 0 Å². The molecule has 2 rings (SSSR count). The van der Waals surface area contributed by atoms with Crippen molar-refractivity contribution in [1.29, 1.82) is 0 Å². The van der Waals surface area contributed by atoms with E-state index in [1.807, 2.05) is 31.2 Å². The molecule has 1 aromatic carbocycles. The number of anilines is 1. The molecule has 1 heterocycles. The summed E-state index contributed by atoms with van der Waals surface area (Å²) >= 11 is 0. The number of amides is 1. The molecule has 24 heavy (non-hydrogen) atoms. The van der Waals surface area contributed by atoms with Crippen molar-refractivity contribution in [2.24, 2.45) is 5.73 Å². The fraction of sp³-hybridized carbons (Fsp3) is 0.500. The van der Waals surface area contributed by atoms with E-state index in [0.717, 1.165) is 43.5 Å². The van der Waals surface area contributed by atoms with Crippen LogP contribution in [0.25, 0.3) is 11.4 Å². The summed E-state index contributed by atoms with van der Waals surface area (Å²) in [5, 5.41) is 14.6. The van der Waals surface area contributed by atoms with Gasteiger partial charge in [0, 0.05) is 24.2 Å². The number of nitrogens with one attached hydrogen (secondary N) is 1. The maximum atomic E-state index is 12.0. The van der Waals surface area contributed by atoms with E-state index in [-0.39, 0.29) is 18.3 Å². The number of unbranched alkanes of at least 4 members (excludes halogenated alkanes) is 3. The minimum Gasteiger partial charge on any atom is -0.330 e. The van der Waals surface area contributed by atoms with Crippen molar-refractivity contribution in [1.82, 2.24) is 20.2 Å². The van der Waals surface area contributed by atoms with Gasteiger partial charge in [-0.15, -0.1) is 17.5 Å². The Hall–Kier alpha value is -1.99. The molecule has 0 fully saturated rings. The van der Waals surface area contributed by atoms with Crippen molar-refractivity contribution in [2.45, 2.75) is 45.6 Å².